The van der Waals surface area contributed by atoms with Crippen molar-refractivity contribution in [1.29, 1.82) is 0 Å². The summed E-state index contributed by atoms with van der Waals surface area (Å²) < 4.78 is 13.0. The number of ether oxygens (including phenoxy) is 2. The van der Waals surface area contributed by atoms with Crippen LogP contribution in [-0.4, -0.2) is 58.9 Å². The van der Waals surface area contributed by atoms with Crippen molar-refractivity contribution < 1.29 is 23.6 Å². The smallest absolute Gasteiger partial charge is 0.408 e. The van der Waals surface area contributed by atoms with Crippen LogP contribution in [0, 0.1) is 0 Å². The molecule has 30 heavy (non-hydrogen) atoms. The second kappa shape index (κ2) is 8.16. The zero-order valence-electron chi connectivity index (χ0n) is 18.5. The molecule has 0 unspecified atom stereocenters. The summed E-state index contributed by atoms with van der Waals surface area (Å²) in [6.07, 6.45) is -0.129. The van der Waals surface area contributed by atoms with Gasteiger partial charge in [-0.3, -0.25) is 9.89 Å². The molecule has 8 heteroatoms. The van der Waals surface area contributed by atoms with Crippen LogP contribution in [-0.2, 0) is 16.1 Å². The van der Waals surface area contributed by atoms with Gasteiger partial charge in [0, 0.05) is 6.42 Å². The molecule has 1 aromatic carbocycles. The Kier molecular flexibility index (Phi) is 5.97. The van der Waals surface area contributed by atoms with Crippen molar-refractivity contribution in [2.75, 3.05) is 19.6 Å². The highest BCUT2D eigenvalue weighted by Gasteiger charge is 2.50. The summed E-state index contributed by atoms with van der Waals surface area (Å²) in [7, 11) is 0. The summed E-state index contributed by atoms with van der Waals surface area (Å²) in [5, 5.41) is 9.40. The predicted octanol–water partition coefficient (Wildman–Crippen LogP) is 2.37. The molecule has 3 rings (SSSR count). The highest BCUT2D eigenvalue weighted by atomic mass is 16.6. The maximum atomic E-state index is 12.4. The van der Waals surface area contributed by atoms with E-state index in [-0.39, 0.29) is 6.61 Å². The van der Waals surface area contributed by atoms with Crippen LogP contribution in [0.5, 0.6) is 0 Å². The number of rotatable bonds is 4. The lowest BCUT2D eigenvalue weighted by atomic mass is 9.96. The maximum absolute atomic E-state index is 12.4. The first-order valence-electron chi connectivity index (χ1n) is 10.3. The van der Waals surface area contributed by atoms with Crippen LogP contribution in [0.1, 0.15) is 46.6 Å². The van der Waals surface area contributed by atoms with E-state index in [1.54, 1.807) is 0 Å². The number of hydrogen-bond donors (Lipinski definition) is 3. The Morgan fingerprint density at radius 2 is 1.83 bits per heavy atom. The van der Waals surface area contributed by atoms with Gasteiger partial charge in [-0.25, -0.2) is 9.59 Å². The number of alkyl carbamates (subject to hydrolysis) is 2. The average molecular weight is 418 g/mol. The van der Waals surface area contributed by atoms with Crippen LogP contribution >= 0.6 is 0 Å². The third kappa shape index (κ3) is 5.43. The zero-order chi connectivity index (χ0) is 22.0. The van der Waals surface area contributed by atoms with Crippen LogP contribution in [0.15, 0.2) is 30.3 Å². The molecule has 0 saturated heterocycles. The molecule has 2 atom stereocenters. The SMILES string of the molecule is CC(C)(C)OC(=O)N[C@]1(C)CNC2=[N+](CC[C@@]2(C)NC(=O)OCc2ccccc2)C1. The third-order valence-electron chi connectivity index (χ3n) is 5.30. The molecule has 0 radical (unpaired) electrons. The van der Waals surface area contributed by atoms with Gasteiger partial charge in [-0.05, 0) is 40.2 Å². The first kappa shape index (κ1) is 21.9. The van der Waals surface area contributed by atoms with Gasteiger partial charge >= 0.3 is 12.2 Å². The molecule has 164 valence electrons. The predicted molar refractivity (Wildman–Crippen MR) is 114 cm³/mol. The lowest BCUT2D eigenvalue weighted by Gasteiger charge is -2.34. The fourth-order valence-corrected chi connectivity index (χ4v) is 3.90. The Morgan fingerprint density at radius 1 is 1.13 bits per heavy atom. The standard InChI is InChI=1S/C22H32N4O4/c1-20(2,3)30-19(28)24-21(4)14-23-17-22(5,11-12-26(17)15-21)25-18(27)29-13-16-9-7-6-8-10-16/h6-10H,11-15H2,1-5H3,(H2,24,25,27,28)/p+1/t21-,22-/m1/s1. The van der Waals surface area contributed by atoms with E-state index in [0.29, 0.717) is 13.1 Å². The molecule has 2 aliphatic rings. The van der Waals surface area contributed by atoms with E-state index in [1.807, 2.05) is 65.0 Å². The molecule has 1 aromatic rings. The lowest BCUT2D eigenvalue weighted by molar-refractivity contribution is -0.534. The van der Waals surface area contributed by atoms with Gasteiger partial charge in [0.1, 0.15) is 36.4 Å². The minimum atomic E-state index is -0.546. The number of nitrogens with zero attached hydrogens (tertiary/aromatic N) is 1. The van der Waals surface area contributed by atoms with E-state index in [0.717, 1.165) is 24.4 Å². The van der Waals surface area contributed by atoms with Crippen molar-refractivity contribution in [3.05, 3.63) is 35.9 Å². The minimum absolute atomic E-state index is 0.229. The molecule has 0 saturated carbocycles. The molecule has 2 aliphatic heterocycles. The molecular formula is C22H33N4O4+. The monoisotopic (exact) mass is 417 g/mol. The van der Waals surface area contributed by atoms with Crippen LogP contribution in [0.25, 0.3) is 0 Å². The van der Waals surface area contributed by atoms with Crippen LogP contribution in [0.4, 0.5) is 9.59 Å². The molecule has 0 spiro atoms. The maximum Gasteiger partial charge on any atom is 0.408 e. The molecule has 0 aromatic heterocycles. The Balaban J connectivity index is 1.59. The highest BCUT2D eigenvalue weighted by Crippen LogP contribution is 2.23. The molecule has 8 nitrogen and oxygen atoms in total. The summed E-state index contributed by atoms with van der Waals surface area (Å²) >= 11 is 0. The number of nitrogens with one attached hydrogen (secondary N) is 3. The van der Waals surface area contributed by atoms with E-state index in [9.17, 15) is 9.59 Å². The number of carbonyl (C=O) groups is 2. The van der Waals surface area contributed by atoms with Gasteiger partial charge in [0.05, 0.1) is 6.54 Å². The summed E-state index contributed by atoms with van der Waals surface area (Å²) in [5.41, 5.74) is -0.625. The summed E-state index contributed by atoms with van der Waals surface area (Å²) in [6, 6.07) is 9.59. The van der Waals surface area contributed by atoms with Crippen LogP contribution < -0.4 is 16.0 Å². The summed E-state index contributed by atoms with van der Waals surface area (Å²) in [5.74, 6) is 0.947. The Labute approximate surface area is 178 Å². The first-order chi connectivity index (χ1) is 14.0. The second-order valence-corrected chi connectivity index (χ2v) is 9.58. The zero-order valence-corrected chi connectivity index (χ0v) is 18.5. The normalized spacial score (nSPS) is 25.8. The molecule has 0 aliphatic carbocycles. The Morgan fingerprint density at radius 3 is 2.50 bits per heavy atom. The quantitative estimate of drug-likeness (QED) is 0.655. The fourth-order valence-electron chi connectivity index (χ4n) is 3.90. The van der Waals surface area contributed by atoms with Crippen molar-refractivity contribution >= 4 is 18.0 Å². The van der Waals surface area contributed by atoms with Crippen molar-refractivity contribution in [3.63, 3.8) is 0 Å². The first-order valence-corrected chi connectivity index (χ1v) is 10.3. The van der Waals surface area contributed by atoms with Crippen molar-refractivity contribution in [1.82, 2.24) is 16.0 Å². The molecule has 0 fully saturated rings. The number of benzene rings is 1. The molecule has 3 N–H and O–H groups in total. The summed E-state index contributed by atoms with van der Waals surface area (Å²) in [6.45, 7) is 11.7. The third-order valence-corrected chi connectivity index (χ3v) is 5.30. The fraction of sp³-hybridized carbons (Fsp3) is 0.591. The van der Waals surface area contributed by atoms with Gasteiger partial charge in [0.15, 0.2) is 0 Å². The highest BCUT2D eigenvalue weighted by molar-refractivity contribution is 5.91. The van der Waals surface area contributed by atoms with Crippen LogP contribution in [0.2, 0.25) is 0 Å². The summed E-state index contributed by atoms with van der Waals surface area (Å²) in [4.78, 5) is 24.6. The van der Waals surface area contributed by atoms with Gasteiger partial charge < -0.3 is 20.1 Å². The van der Waals surface area contributed by atoms with Crippen molar-refractivity contribution in [3.8, 4) is 0 Å². The Hall–Kier alpha value is -2.77. The van der Waals surface area contributed by atoms with E-state index in [1.165, 1.54) is 0 Å². The van der Waals surface area contributed by atoms with E-state index in [4.69, 9.17) is 9.47 Å². The van der Waals surface area contributed by atoms with Crippen molar-refractivity contribution in [2.45, 2.75) is 64.3 Å². The molecule has 2 amide bonds. The lowest BCUT2D eigenvalue weighted by Crippen LogP contribution is -2.66. The van der Waals surface area contributed by atoms with E-state index >= 15 is 0 Å². The van der Waals surface area contributed by atoms with Gasteiger partial charge in [-0.1, -0.05) is 30.3 Å². The average Bonchev–Trinajstić information content (AvgIpc) is 2.94. The Bertz CT molecular complexity index is 833. The second-order valence-electron chi connectivity index (χ2n) is 9.58. The minimum Gasteiger partial charge on any atom is -0.445 e. The number of hydrogen-bond acceptors (Lipinski definition) is 5. The van der Waals surface area contributed by atoms with Gasteiger partial charge in [0.2, 0.25) is 0 Å². The van der Waals surface area contributed by atoms with Crippen molar-refractivity contribution in [2.24, 2.45) is 0 Å². The molecule has 0 bridgehead atoms. The van der Waals surface area contributed by atoms with Crippen LogP contribution in [0.3, 0.4) is 0 Å². The van der Waals surface area contributed by atoms with E-state index < -0.39 is 28.9 Å². The topological polar surface area (TPSA) is 91.7 Å². The van der Waals surface area contributed by atoms with Gasteiger partial charge in [0.25, 0.3) is 5.84 Å². The number of amides is 2. The molecular weight excluding hydrogens is 384 g/mol. The molecule has 2 heterocycles. The van der Waals surface area contributed by atoms with Gasteiger partial charge in [-0.2, -0.15) is 0 Å². The largest absolute Gasteiger partial charge is 0.445 e. The number of amidine groups is 1. The number of carbonyl (C=O) groups excluding carboxylic acids is 2. The van der Waals surface area contributed by atoms with E-state index in [2.05, 4.69) is 20.5 Å². The van der Waals surface area contributed by atoms with Gasteiger partial charge in [-0.15, -0.1) is 0 Å².